The van der Waals surface area contributed by atoms with Gasteiger partial charge in [0.15, 0.2) is 0 Å². The summed E-state index contributed by atoms with van der Waals surface area (Å²) in [6.07, 6.45) is 1.53. The summed E-state index contributed by atoms with van der Waals surface area (Å²) < 4.78 is 5.14. The van der Waals surface area contributed by atoms with E-state index < -0.39 is 6.10 Å². The summed E-state index contributed by atoms with van der Waals surface area (Å²) in [7, 11) is 1.61. The lowest BCUT2D eigenvalue weighted by Crippen LogP contribution is -2.29. The minimum atomic E-state index is -0.558. The third-order valence-electron chi connectivity index (χ3n) is 3.09. The van der Waals surface area contributed by atoms with E-state index in [1.165, 1.54) is 0 Å². The zero-order chi connectivity index (χ0) is 11.5. The monoisotopic (exact) mass is 222 g/mol. The zero-order valence-electron chi connectivity index (χ0n) is 9.44. The number of benzene rings is 1. The van der Waals surface area contributed by atoms with E-state index in [1.54, 1.807) is 25.3 Å². The molecule has 88 valence electrons. The maximum atomic E-state index is 10.2. The number of anilines is 1. The van der Waals surface area contributed by atoms with Crippen LogP contribution in [0.2, 0.25) is 0 Å². The van der Waals surface area contributed by atoms with Gasteiger partial charge in [0, 0.05) is 17.3 Å². The van der Waals surface area contributed by atoms with E-state index in [4.69, 9.17) is 10.5 Å². The summed E-state index contributed by atoms with van der Waals surface area (Å²) in [5, 5.41) is 13.5. The summed E-state index contributed by atoms with van der Waals surface area (Å²) in [6, 6.07) is 5.48. The van der Waals surface area contributed by atoms with E-state index >= 15 is 0 Å². The van der Waals surface area contributed by atoms with Crippen LogP contribution in [-0.2, 0) is 0 Å². The number of methoxy groups -OCH3 is 1. The highest BCUT2D eigenvalue weighted by atomic mass is 16.5. The van der Waals surface area contributed by atoms with E-state index in [1.807, 2.05) is 0 Å². The molecule has 1 aromatic carbocycles. The first-order chi connectivity index (χ1) is 7.72. The molecule has 0 bridgehead atoms. The number of aliphatic hydroxyl groups is 1. The van der Waals surface area contributed by atoms with Crippen molar-refractivity contribution >= 4 is 5.69 Å². The van der Waals surface area contributed by atoms with E-state index in [0.29, 0.717) is 5.69 Å². The Labute approximate surface area is 95.4 Å². The van der Waals surface area contributed by atoms with Crippen LogP contribution < -0.4 is 15.8 Å². The Balaban J connectivity index is 2.23. The number of ether oxygens (including phenoxy) is 1. The second-order valence-electron chi connectivity index (χ2n) is 4.14. The molecule has 1 aromatic rings. The SMILES string of the molecule is COc1ccc(N)c(C(O)C2CCCN2)c1. The standard InChI is InChI=1S/C12H18N2O2/c1-16-8-4-5-10(13)9(7-8)12(15)11-3-2-6-14-11/h4-5,7,11-12,14-15H,2-3,6,13H2,1H3. The van der Waals surface area contributed by atoms with Gasteiger partial charge in [-0.2, -0.15) is 0 Å². The first-order valence-electron chi connectivity index (χ1n) is 5.57. The molecule has 4 heteroatoms. The molecule has 16 heavy (non-hydrogen) atoms. The average Bonchev–Trinajstić information content (AvgIpc) is 2.82. The van der Waals surface area contributed by atoms with Crippen LogP contribution in [0.1, 0.15) is 24.5 Å². The molecule has 0 spiro atoms. The lowest BCUT2D eigenvalue weighted by Gasteiger charge is -2.20. The van der Waals surface area contributed by atoms with Gasteiger partial charge in [-0.3, -0.25) is 0 Å². The fourth-order valence-electron chi connectivity index (χ4n) is 2.13. The van der Waals surface area contributed by atoms with Gasteiger partial charge in [0.25, 0.3) is 0 Å². The molecule has 1 aliphatic heterocycles. The number of rotatable bonds is 3. The lowest BCUT2D eigenvalue weighted by molar-refractivity contribution is 0.138. The molecule has 1 aliphatic rings. The predicted molar refractivity (Wildman–Crippen MR) is 63.4 cm³/mol. The molecule has 0 saturated carbocycles. The Morgan fingerprint density at radius 1 is 1.56 bits per heavy atom. The Morgan fingerprint density at radius 2 is 2.38 bits per heavy atom. The van der Waals surface area contributed by atoms with Crippen LogP contribution >= 0.6 is 0 Å². The largest absolute Gasteiger partial charge is 0.497 e. The lowest BCUT2D eigenvalue weighted by atomic mass is 9.99. The minimum Gasteiger partial charge on any atom is -0.497 e. The van der Waals surface area contributed by atoms with Gasteiger partial charge in [-0.1, -0.05) is 0 Å². The second kappa shape index (κ2) is 4.72. The summed E-state index contributed by atoms with van der Waals surface area (Å²) in [4.78, 5) is 0. The van der Waals surface area contributed by atoms with E-state index in [-0.39, 0.29) is 6.04 Å². The van der Waals surface area contributed by atoms with E-state index in [0.717, 1.165) is 30.7 Å². The number of hydrogen-bond acceptors (Lipinski definition) is 4. The third kappa shape index (κ3) is 2.13. The fraction of sp³-hybridized carbons (Fsp3) is 0.500. The molecule has 2 atom stereocenters. The number of nitrogens with two attached hydrogens (primary N) is 1. The second-order valence-corrected chi connectivity index (χ2v) is 4.14. The van der Waals surface area contributed by atoms with Crippen LogP contribution in [0.15, 0.2) is 18.2 Å². The molecular weight excluding hydrogens is 204 g/mol. The summed E-state index contributed by atoms with van der Waals surface area (Å²) >= 11 is 0. The Bertz CT molecular complexity index is 362. The number of aliphatic hydroxyl groups excluding tert-OH is 1. The van der Waals surface area contributed by atoms with Crippen molar-refractivity contribution in [3.8, 4) is 5.75 Å². The molecule has 2 rings (SSSR count). The summed E-state index contributed by atoms with van der Waals surface area (Å²) in [5.74, 6) is 0.723. The van der Waals surface area contributed by atoms with Gasteiger partial charge in [-0.05, 0) is 37.6 Å². The van der Waals surface area contributed by atoms with Crippen LogP contribution in [0.4, 0.5) is 5.69 Å². The smallest absolute Gasteiger partial charge is 0.119 e. The number of nitrogens with one attached hydrogen (secondary N) is 1. The number of nitrogen functional groups attached to an aromatic ring is 1. The molecule has 1 saturated heterocycles. The van der Waals surface area contributed by atoms with Gasteiger partial charge in [-0.15, -0.1) is 0 Å². The molecule has 0 radical (unpaired) electrons. The molecule has 0 aliphatic carbocycles. The molecule has 1 fully saturated rings. The normalized spacial score (nSPS) is 22.0. The van der Waals surface area contributed by atoms with Gasteiger partial charge in [0.1, 0.15) is 5.75 Å². The van der Waals surface area contributed by atoms with Crippen LogP contribution in [0.25, 0.3) is 0 Å². The first-order valence-corrected chi connectivity index (χ1v) is 5.57. The van der Waals surface area contributed by atoms with Gasteiger partial charge < -0.3 is 20.9 Å². The van der Waals surface area contributed by atoms with Crippen molar-refractivity contribution in [2.75, 3.05) is 19.4 Å². The van der Waals surface area contributed by atoms with Crippen molar-refractivity contribution in [3.05, 3.63) is 23.8 Å². The Kier molecular flexibility index (Phi) is 3.31. The van der Waals surface area contributed by atoms with Crippen molar-refractivity contribution in [2.45, 2.75) is 25.0 Å². The van der Waals surface area contributed by atoms with Crippen LogP contribution in [0, 0.1) is 0 Å². The van der Waals surface area contributed by atoms with Crippen molar-refractivity contribution in [2.24, 2.45) is 0 Å². The Morgan fingerprint density at radius 3 is 3.00 bits per heavy atom. The summed E-state index contributed by atoms with van der Waals surface area (Å²) in [5.41, 5.74) is 7.23. The van der Waals surface area contributed by atoms with Crippen molar-refractivity contribution in [3.63, 3.8) is 0 Å². The topological polar surface area (TPSA) is 67.5 Å². The molecule has 1 heterocycles. The molecule has 0 amide bonds. The van der Waals surface area contributed by atoms with Gasteiger partial charge >= 0.3 is 0 Å². The maximum absolute atomic E-state index is 10.2. The zero-order valence-corrected chi connectivity index (χ0v) is 9.44. The quantitative estimate of drug-likeness (QED) is 0.669. The third-order valence-corrected chi connectivity index (χ3v) is 3.09. The van der Waals surface area contributed by atoms with Crippen molar-refractivity contribution < 1.29 is 9.84 Å². The van der Waals surface area contributed by atoms with Gasteiger partial charge in [0.05, 0.1) is 13.2 Å². The summed E-state index contributed by atoms with van der Waals surface area (Å²) in [6.45, 7) is 0.964. The predicted octanol–water partition coefficient (Wildman–Crippen LogP) is 1.06. The Hall–Kier alpha value is -1.26. The van der Waals surface area contributed by atoms with Crippen LogP contribution in [0.5, 0.6) is 5.75 Å². The molecule has 2 unspecified atom stereocenters. The van der Waals surface area contributed by atoms with Crippen LogP contribution in [0.3, 0.4) is 0 Å². The minimum absolute atomic E-state index is 0.106. The van der Waals surface area contributed by atoms with Crippen molar-refractivity contribution in [1.29, 1.82) is 0 Å². The van der Waals surface area contributed by atoms with Crippen LogP contribution in [-0.4, -0.2) is 24.8 Å². The maximum Gasteiger partial charge on any atom is 0.119 e. The van der Waals surface area contributed by atoms with E-state index in [9.17, 15) is 5.11 Å². The highest BCUT2D eigenvalue weighted by molar-refractivity contribution is 5.52. The average molecular weight is 222 g/mol. The van der Waals surface area contributed by atoms with Gasteiger partial charge in [0.2, 0.25) is 0 Å². The molecule has 4 nitrogen and oxygen atoms in total. The van der Waals surface area contributed by atoms with Crippen molar-refractivity contribution in [1.82, 2.24) is 5.32 Å². The van der Waals surface area contributed by atoms with E-state index in [2.05, 4.69) is 5.32 Å². The highest BCUT2D eigenvalue weighted by Gasteiger charge is 2.25. The number of hydrogen-bond donors (Lipinski definition) is 3. The molecule has 4 N–H and O–H groups in total. The van der Waals surface area contributed by atoms with Gasteiger partial charge in [-0.25, -0.2) is 0 Å². The molecular formula is C12H18N2O2. The first kappa shape index (κ1) is 11.2. The highest BCUT2D eigenvalue weighted by Crippen LogP contribution is 2.30. The molecule has 0 aromatic heterocycles. The fourth-order valence-corrected chi connectivity index (χ4v) is 2.13.